The maximum atomic E-state index is 5.00. The third-order valence-electron chi connectivity index (χ3n) is 3.38. The van der Waals surface area contributed by atoms with Crippen molar-refractivity contribution < 1.29 is 4.74 Å². The molecule has 1 unspecified atom stereocenters. The third kappa shape index (κ3) is 5.17. The Bertz CT molecular complexity index is 340. The molecule has 0 aliphatic heterocycles. The van der Waals surface area contributed by atoms with Gasteiger partial charge in [0.05, 0.1) is 6.61 Å². The molecule has 0 aliphatic rings. The molecule has 0 aromatic carbocycles. The molecule has 1 aromatic heterocycles. The van der Waals surface area contributed by atoms with E-state index in [1.807, 2.05) is 6.20 Å². The van der Waals surface area contributed by atoms with Crippen molar-refractivity contribution in [3.63, 3.8) is 0 Å². The maximum Gasteiger partial charge on any atom is 0.128 e. The largest absolute Gasteiger partial charge is 0.383 e. The summed E-state index contributed by atoms with van der Waals surface area (Å²) in [6.07, 6.45) is 3.09. The van der Waals surface area contributed by atoms with Crippen molar-refractivity contribution in [3.8, 4) is 0 Å². The van der Waals surface area contributed by atoms with Crippen molar-refractivity contribution in [1.82, 2.24) is 10.3 Å². The van der Waals surface area contributed by atoms with Crippen LogP contribution in [-0.2, 0) is 11.3 Å². The molecule has 0 fully saturated rings. The van der Waals surface area contributed by atoms with E-state index in [4.69, 9.17) is 4.74 Å². The number of aromatic nitrogens is 1. The van der Waals surface area contributed by atoms with Gasteiger partial charge < -0.3 is 15.0 Å². The lowest BCUT2D eigenvalue weighted by Crippen LogP contribution is -2.33. The fourth-order valence-electron chi connectivity index (χ4n) is 2.02. The van der Waals surface area contributed by atoms with Gasteiger partial charge in [-0.2, -0.15) is 0 Å². The van der Waals surface area contributed by atoms with Crippen LogP contribution in [0.3, 0.4) is 0 Å². The van der Waals surface area contributed by atoms with E-state index in [9.17, 15) is 0 Å². The van der Waals surface area contributed by atoms with Crippen LogP contribution in [0.2, 0.25) is 0 Å². The van der Waals surface area contributed by atoms with Gasteiger partial charge in [0.2, 0.25) is 0 Å². The van der Waals surface area contributed by atoms with Gasteiger partial charge in [-0.3, -0.25) is 0 Å². The van der Waals surface area contributed by atoms with E-state index in [0.29, 0.717) is 6.04 Å². The zero-order valence-electron chi connectivity index (χ0n) is 12.6. The topological polar surface area (TPSA) is 37.4 Å². The first kappa shape index (κ1) is 15.9. The molecule has 19 heavy (non-hydrogen) atoms. The van der Waals surface area contributed by atoms with Crippen LogP contribution < -0.4 is 10.2 Å². The van der Waals surface area contributed by atoms with Crippen molar-refractivity contribution in [2.45, 2.75) is 39.8 Å². The van der Waals surface area contributed by atoms with Crippen molar-refractivity contribution in [3.05, 3.63) is 23.9 Å². The van der Waals surface area contributed by atoms with Crippen molar-refractivity contribution in [2.24, 2.45) is 0 Å². The lowest BCUT2D eigenvalue weighted by Gasteiger charge is -2.28. The highest BCUT2D eigenvalue weighted by Crippen LogP contribution is 2.15. The Morgan fingerprint density at radius 2 is 2.16 bits per heavy atom. The van der Waals surface area contributed by atoms with Crippen LogP contribution in [0, 0.1) is 0 Å². The Balaban J connectivity index is 2.54. The quantitative estimate of drug-likeness (QED) is 0.696. The number of nitrogens with zero attached hydrogens (tertiary/aromatic N) is 2. The van der Waals surface area contributed by atoms with Crippen LogP contribution in [0.25, 0.3) is 0 Å². The second-order valence-electron chi connectivity index (χ2n) is 4.74. The molecule has 0 bridgehead atoms. The molecule has 1 atom stereocenters. The zero-order chi connectivity index (χ0) is 14.1. The summed E-state index contributed by atoms with van der Waals surface area (Å²) in [6, 6.07) is 4.79. The minimum atomic E-state index is 0.531. The SMILES string of the molecule is CCC(C)N(CC)c1ccc(CNCCOC)cn1. The van der Waals surface area contributed by atoms with E-state index in [-0.39, 0.29) is 0 Å². The van der Waals surface area contributed by atoms with Gasteiger partial charge in [0.15, 0.2) is 0 Å². The predicted octanol–water partition coefficient (Wildman–Crippen LogP) is 2.44. The molecule has 1 N–H and O–H groups in total. The molecular weight excluding hydrogens is 238 g/mol. The molecule has 0 amide bonds. The zero-order valence-corrected chi connectivity index (χ0v) is 12.6. The van der Waals surface area contributed by atoms with Crippen molar-refractivity contribution in [2.75, 3.05) is 31.7 Å². The average Bonchev–Trinajstić information content (AvgIpc) is 2.45. The van der Waals surface area contributed by atoms with Crippen LogP contribution in [0.4, 0.5) is 5.82 Å². The number of rotatable bonds is 9. The summed E-state index contributed by atoms with van der Waals surface area (Å²) >= 11 is 0. The monoisotopic (exact) mass is 265 g/mol. The van der Waals surface area contributed by atoms with Crippen molar-refractivity contribution in [1.29, 1.82) is 0 Å². The average molecular weight is 265 g/mol. The third-order valence-corrected chi connectivity index (χ3v) is 3.38. The van der Waals surface area contributed by atoms with Crippen LogP contribution >= 0.6 is 0 Å². The molecule has 1 rings (SSSR count). The second kappa shape index (κ2) is 8.88. The normalized spacial score (nSPS) is 12.4. The van der Waals surface area contributed by atoms with E-state index >= 15 is 0 Å². The number of hydrogen-bond acceptors (Lipinski definition) is 4. The molecule has 108 valence electrons. The molecule has 1 heterocycles. The van der Waals surface area contributed by atoms with Gasteiger partial charge in [0.1, 0.15) is 5.82 Å². The molecule has 1 aromatic rings. The fourth-order valence-corrected chi connectivity index (χ4v) is 2.02. The molecule has 0 spiro atoms. The molecule has 4 heteroatoms. The number of pyridine rings is 1. The van der Waals surface area contributed by atoms with Gasteiger partial charge in [-0.25, -0.2) is 4.98 Å². The second-order valence-corrected chi connectivity index (χ2v) is 4.74. The van der Waals surface area contributed by atoms with Gasteiger partial charge in [0.25, 0.3) is 0 Å². The first-order chi connectivity index (χ1) is 9.22. The van der Waals surface area contributed by atoms with Crippen LogP contribution in [0.5, 0.6) is 0 Å². The summed E-state index contributed by atoms with van der Waals surface area (Å²) in [5.74, 6) is 1.07. The minimum Gasteiger partial charge on any atom is -0.383 e. The first-order valence-electron chi connectivity index (χ1n) is 7.14. The number of ether oxygens (including phenoxy) is 1. The molecule has 0 radical (unpaired) electrons. The van der Waals surface area contributed by atoms with Crippen LogP contribution in [0.15, 0.2) is 18.3 Å². The smallest absolute Gasteiger partial charge is 0.128 e. The van der Waals surface area contributed by atoms with E-state index in [1.165, 1.54) is 5.56 Å². The molecule has 0 saturated heterocycles. The Hall–Kier alpha value is -1.13. The van der Waals surface area contributed by atoms with Gasteiger partial charge in [-0.05, 0) is 31.9 Å². The van der Waals surface area contributed by atoms with Gasteiger partial charge >= 0.3 is 0 Å². The Morgan fingerprint density at radius 3 is 2.68 bits per heavy atom. The number of nitrogens with one attached hydrogen (secondary N) is 1. The lowest BCUT2D eigenvalue weighted by atomic mass is 10.2. The van der Waals surface area contributed by atoms with Crippen LogP contribution in [-0.4, -0.2) is 37.8 Å². The van der Waals surface area contributed by atoms with E-state index in [2.05, 4.69) is 48.1 Å². The van der Waals surface area contributed by atoms with Gasteiger partial charge in [0, 0.05) is 39.0 Å². The standard InChI is InChI=1S/C15H27N3O/c1-5-13(3)18(6-2)15-8-7-14(12-17-15)11-16-9-10-19-4/h7-8,12-13,16H,5-6,9-11H2,1-4H3. The Morgan fingerprint density at radius 1 is 1.37 bits per heavy atom. The highest BCUT2D eigenvalue weighted by molar-refractivity contribution is 5.40. The van der Waals surface area contributed by atoms with E-state index in [1.54, 1.807) is 7.11 Å². The number of methoxy groups -OCH3 is 1. The Labute approximate surface area is 117 Å². The molecule has 4 nitrogen and oxygen atoms in total. The molecule has 0 saturated carbocycles. The van der Waals surface area contributed by atoms with Crippen LogP contribution in [0.1, 0.15) is 32.8 Å². The number of hydrogen-bond donors (Lipinski definition) is 1. The van der Waals surface area contributed by atoms with E-state index in [0.717, 1.165) is 38.5 Å². The van der Waals surface area contributed by atoms with Gasteiger partial charge in [-0.1, -0.05) is 13.0 Å². The highest BCUT2D eigenvalue weighted by atomic mass is 16.5. The predicted molar refractivity (Wildman–Crippen MR) is 80.6 cm³/mol. The summed E-state index contributed by atoms with van der Waals surface area (Å²) < 4.78 is 5.00. The molecule has 0 aliphatic carbocycles. The summed E-state index contributed by atoms with van der Waals surface area (Å²) in [5, 5.41) is 3.32. The maximum absolute atomic E-state index is 5.00. The highest BCUT2D eigenvalue weighted by Gasteiger charge is 2.11. The minimum absolute atomic E-state index is 0.531. The molecular formula is C15H27N3O. The number of anilines is 1. The Kier molecular flexibility index (Phi) is 7.45. The summed E-state index contributed by atoms with van der Waals surface area (Å²) in [7, 11) is 1.71. The summed E-state index contributed by atoms with van der Waals surface area (Å²) in [5.41, 5.74) is 1.21. The van der Waals surface area contributed by atoms with Gasteiger partial charge in [-0.15, -0.1) is 0 Å². The lowest BCUT2D eigenvalue weighted by molar-refractivity contribution is 0.199. The first-order valence-corrected chi connectivity index (χ1v) is 7.14. The van der Waals surface area contributed by atoms with Crippen molar-refractivity contribution >= 4 is 5.82 Å². The van der Waals surface area contributed by atoms with E-state index < -0.39 is 0 Å². The summed E-state index contributed by atoms with van der Waals surface area (Å²) in [4.78, 5) is 6.91. The summed E-state index contributed by atoms with van der Waals surface area (Å²) in [6.45, 7) is 10.1. The fraction of sp³-hybridized carbons (Fsp3) is 0.667.